The number of fused-ring (bicyclic) bond motifs is 1. The number of aromatic nitrogens is 1. The van der Waals surface area contributed by atoms with E-state index in [1.165, 1.54) is 0 Å². The molecule has 1 aromatic heterocycles. The van der Waals surface area contributed by atoms with E-state index in [1.54, 1.807) is 28.8 Å². The highest BCUT2D eigenvalue weighted by molar-refractivity contribution is 7.89. The summed E-state index contributed by atoms with van der Waals surface area (Å²) in [5.74, 6) is 0. The number of hydrogen-bond donors (Lipinski definition) is 1. The fourth-order valence-electron chi connectivity index (χ4n) is 3.04. The van der Waals surface area contributed by atoms with E-state index in [9.17, 15) is 8.42 Å². The number of benzene rings is 1. The molecule has 5 nitrogen and oxygen atoms in total. The fourth-order valence-corrected chi connectivity index (χ4v) is 5.04. The lowest BCUT2D eigenvalue weighted by Gasteiger charge is -2.36. The monoisotopic (exact) mass is 319 g/mol. The van der Waals surface area contributed by atoms with Crippen molar-refractivity contribution in [2.75, 3.05) is 13.1 Å². The SMILES string of the molecule is Cc1cncc2cccc(S(=O)(=O)N3C[C@H](C)NC[C@H]3C)c12. The Morgan fingerprint density at radius 3 is 2.82 bits per heavy atom. The maximum Gasteiger partial charge on any atom is 0.244 e. The summed E-state index contributed by atoms with van der Waals surface area (Å²) < 4.78 is 28.0. The van der Waals surface area contributed by atoms with Crippen LogP contribution in [0.3, 0.4) is 0 Å². The first-order valence-corrected chi connectivity index (χ1v) is 8.94. The van der Waals surface area contributed by atoms with Crippen LogP contribution in [0.2, 0.25) is 0 Å². The molecule has 0 bridgehead atoms. The maximum absolute atomic E-state index is 13.2. The quantitative estimate of drug-likeness (QED) is 0.918. The number of piperazine rings is 1. The van der Waals surface area contributed by atoms with Crippen molar-refractivity contribution >= 4 is 20.8 Å². The van der Waals surface area contributed by atoms with E-state index in [0.717, 1.165) is 16.3 Å². The van der Waals surface area contributed by atoms with Crippen LogP contribution in [0.25, 0.3) is 10.8 Å². The number of hydrogen-bond acceptors (Lipinski definition) is 4. The smallest absolute Gasteiger partial charge is 0.244 e. The van der Waals surface area contributed by atoms with Gasteiger partial charge in [-0.15, -0.1) is 0 Å². The summed E-state index contributed by atoms with van der Waals surface area (Å²) in [5.41, 5.74) is 0.882. The third kappa shape index (κ3) is 2.51. The average molecular weight is 319 g/mol. The number of nitrogens with zero attached hydrogens (tertiary/aromatic N) is 2. The van der Waals surface area contributed by atoms with Gasteiger partial charge in [0.1, 0.15) is 0 Å². The summed E-state index contributed by atoms with van der Waals surface area (Å²) >= 11 is 0. The molecule has 22 heavy (non-hydrogen) atoms. The van der Waals surface area contributed by atoms with E-state index in [0.29, 0.717) is 18.0 Å². The molecule has 2 atom stereocenters. The van der Waals surface area contributed by atoms with Crippen LogP contribution in [-0.4, -0.2) is 42.9 Å². The van der Waals surface area contributed by atoms with E-state index in [-0.39, 0.29) is 12.1 Å². The fraction of sp³-hybridized carbons (Fsp3) is 0.438. The number of aryl methyl sites for hydroxylation is 1. The molecule has 1 aliphatic rings. The van der Waals surface area contributed by atoms with E-state index in [2.05, 4.69) is 10.3 Å². The minimum atomic E-state index is -3.53. The van der Waals surface area contributed by atoms with Crippen LogP contribution in [0.15, 0.2) is 35.5 Å². The third-order valence-corrected chi connectivity index (χ3v) is 6.25. The van der Waals surface area contributed by atoms with Crippen molar-refractivity contribution < 1.29 is 8.42 Å². The number of nitrogens with one attached hydrogen (secondary N) is 1. The number of pyridine rings is 1. The van der Waals surface area contributed by atoms with Gasteiger partial charge in [0, 0.05) is 48.3 Å². The summed E-state index contributed by atoms with van der Waals surface area (Å²) in [6, 6.07) is 5.48. The Balaban J connectivity index is 2.17. The molecule has 0 spiro atoms. The molecule has 2 aromatic rings. The highest BCUT2D eigenvalue weighted by Crippen LogP contribution is 2.29. The minimum absolute atomic E-state index is 0.0569. The van der Waals surface area contributed by atoms with Gasteiger partial charge in [0.15, 0.2) is 0 Å². The van der Waals surface area contributed by atoms with Crippen LogP contribution in [0, 0.1) is 6.92 Å². The van der Waals surface area contributed by atoms with Crippen LogP contribution in [0.5, 0.6) is 0 Å². The Morgan fingerprint density at radius 2 is 2.05 bits per heavy atom. The van der Waals surface area contributed by atoms with E-state index >= 15 is 0 Å². The highest BCUT2D eigenvalue weighted by atomic mass is 32.2. The molecule has 3 rings (SSSR count). The summed E-state index contributed by atoms with van der Waals surface area (Å²) in [4.78, 5) is 4.54. The Hall–Kier alpha value is -1.50. The largest absolute Gasteiger partial charge is 0.311 e. The second kappa shape index (κ2) is 5.61. The molecule has 2 heterocycles. The molecule has 1 N–H and O–H groups in total. The van der Waals surface area contributed by atoms with Crippen molar-refractivity contribution in [2.24, 2.45) is 0 Å². The molecule has 0 saturated carbocycles. The molecule has 1 aliphatic heterocycles. The van der Waals surface area contributed by atoms with Gasteiger partial charge in [0.05, 0.1) is 4.90 Å². The molecule has 0 aliphatic carbocycles. The topological polar surface area (TPSA) is 62.3 Å². The van der Waals surface area contributed by atoms with Crippen molar-refractivity contribution in [1.29, 1.82) is 0 Å². The molecule has 0 unspecified atom stereocenters. The first-order chi connectivity index (χ1) is 10.4. The second-order valence-electron chi connectivity index (χ2n) is 6.04. The van der Waals surface area contributed by atoms with Crippen molar-refractivity contribution in [1.82, 2.24) is 14.6 Å². The predicted molar refractivity (Wildman–Crippen MR) is 87.3 cm³/mol. The van der Waals surface area contributed by atoms with Gasteiger partial charge in [-0.25, -0.2) is 8.42 Å². The van der Waals surface area contributed by atoms with Gasteiger partial charge in [0.2, 0.25) is 10.0 Å². The average Bonchev–Trinajstić information content (AvgIpc) is 2.49. The Bertz CT molecular complexity index is 799. The molecule has 118 valence electrons. The van der Waals surface area contributed by atoms with Gasteiger partial charge in [0.25, 0.3) is 0 Å². The zero-order chi connectivity index (χ0) is 15.9. The first kappa shape index (κ1) is 15.4. The Kier molecular flexibility index (Phi) is 3.92. The van der Waals surface area contributed by atoms with Crippen LogP contribution in [0.1, 0.15) is 19.4 Å². The van der Waals surface area contributed by atoms with E-state index in [1.807, 2.05) is 26.8 Å². The van der Waals surface area contributed by atoms with Gasteiger partial charge >= 0.3 is 0 Å². The molecule has 1 saturated heterocycles. The zero-order valence-corrected chi connectivity index (χ0v) is 13.9. The lowest BCUT2D eigenvalue weighted by atomic mass is 10.1. The molecular formula is C16H21N3O2S. The number of sulfonamides is 1. The summed E-state index contributed by atoms with van der Waals surface area (Å²) in [6.45, 7) is 7.01. The Morgan fingerprint density at radius 1 is 1.27 bits per heavy atom. The molecular weight excluding hydrogens is 298 g/mol. The molecule has 6 heteroatoms. The highest BCUT2D eigenvalue weighted by Gasteiger charge is 2.34. The van der Waals surface area contributed by atoms with Gasteiger partial charge in [-0.3, -0.25) is 4.98 Å². The van der Waals surface area contributed by atoms with E-state index < -0.39 is 10.0 Å². The molecule has 0 amide bonds. The lowest BCUT2D eigenvalue weighted by Crippen LogP contribution is -2.56. The van der Waals surface area contributed by atoms with Crippen LogP contribution >= 0.6 is 0 Å². The van der Waals surface area contributed by atoms with Gasteiger partial charge < -0.3 is 5.32 Å². The summed E-state index contributed by atoms with van der Waals surface area (Å²) in [6.07, 6.45) is 3.43. The third-order valence-electron chi connectivity index (χ3n) is 4.23. The van der Waals surface area contributed by atoms with Gasteiger partial charge in [-0.1, -0.05) is 12.1 Å². The molecule has 0 radical (unpaired) electrons. The first-order valence-electron chi connectivity index (χ1n) is 7.50. The standard InChI is InChI=1S/C16H21N3O2S/c1-11-7-17-9-14-5-4-6-15(16(11)14)22(20,21)19-10-12(2)18-8-13(19)3/h4-7,9,12-13,18H,8,10H2,1-3H3/t12-,13+/m0/s1. The van der Waals surface area contributed by atoms with Crippen molar-refractivity contribution in [3.63, 3.8) is 0 Å². The van der Waals surface area contributed by atoms with Crippen LogP contribution in [0.4, 0.5) is 0 Å². The summed E-state index contributed by atoms with van der Waals surface area (Å²) in [5, 5.41) is 4.95. The van der Waals surface area contributed by atoms with E-state index in [4.69, 9.17) is 0 Å². The minimum Gasteiger partial charge on any atom is -0.311 e. The van der Waals surface area contributed by atoms with Crippen molar-refractivity contribution in [2.45, 2.75) is 37.8 Å². The molecule has 1 fully saturated rings. The van der Waals surface area contributed by atoms with Crippen molar-refractivity contribution in [3.8, 4) is 0 Å². The second-order valence-corrected chi connectivity index (χ2v) is 7.90. The lowest BCUT2D eigenvalue weighted by molar-refractivity contribution is 0.245. The Labute approximate surface area is 131 Å². The predicted octanol–water partition coefficient (Wildman–Crippen LogP) is 1.91. The zero-order valence-electron chi connectivity index (χ0n) is 13.1. The van der Waals surface area contributed by atoms with Crippen LogP contribution < -0.4 is 5.32 Å². The maximum atomic E-state index is 13.2. The van der Waals surface area contributed by atoms with Gasteiger partial charge in [-0.2, -0.15) is 4.31 Å². The number of rotatable bonds is 2. The normalized spacial score (nSPS) is 23.8. The van der Waals surface area contributed by atoms with Crippen molar-refractivity contribution in [3.05, 3.63) is 36.2 Å². The summed E-state index contributed by atoms with van der Waals surface area (Å²) in [7, 11) is -3.53. The van der Waals surface area contributed by atoms with Crippen LogP contribution in [-0.2, 0) is 10.0 Å². The van der Waals surface area contributed by atoms with Gasteiger partial charge in [-0.05, 0) is 32.4 Å². The molecule has 1 aromatic carbocycles.